The molecule has 4 nitrogen and oxygen atoms in total. The molecule has 0 radical (unpaired) electrons. The maximum Gasteiger partial charge on any atom is 0.407 e. The maximum absolute atomic E-state index is 11.3. The van der Waals surface area contributed by atoms with Crippen molar-refractivity contribution in [1.29, 1.82) is 0 Å². The fourth-order valence-corrected chi connectivity index (χ4v) is 1.05. The minimum Gasteiger partial charge on any atom is -0.449 e. The summed E-state index contributed by atoms with van der Waals surface area (Å²) in [6, 6.07) is 0. The first-order valence-electron chi connectivity index (χ1n) is 6.13. The monoisotopic (exact) mass is 245 g/mol. The van der Waals surface area contributed by atoms with Gasteiger partial charge in [0.1, 0.15) is 0 Å². The Morgan fingerprint density at radius 2 is 1.65 bits per heavy atom. The molecule has 0 fully saturated rings. The number of hydrogen-bond acceptors (Lipinski definition) is 3. The molecule has 0 saturated heterocycles. The minimum absolute atomic E-state index is 0.185. The molecule has 17 heavy (non-hydrogen) atoms. The van der Waals surface area contributed by atoms with Crippen molar-refractivity contribution >= 4 is 6.09 Å². The summed E-state index contributed by atoms with van der Waals surface area (Å²) in [7, 11) is 0. The highest BCUT2D eigenvalue weighted by Crippen LogP contribution is 2.12. The van der Waals surface area contributed by atoms with Crippen LogP contribution in [0.25, 0.3) is 0 Å². The zero-order valence-corrected chi connectivity index (χ0v) is 12.1. The fourth-order valence-electron chi connectivity index (χ4n) is 1.05. The average molecular weight is 245 g/mol. The molecule has 1 amide bonds. The summed E-state index contributed by atoms with van der Waals surface area (Å²) in [5.41, 5.74) is -0.0652. The van der Waals surface area contributed by atoms with E-state index in [9.17, 15) is 4.79 Å². The van der Waals surface area contributed by atoms with E-state index in [2.05, 4.69) is 26.1 Å². The predicted molar refractivity (Wildman–Crippen MR) is 69.1 cm³/mol. The lowest BCUT2D eigenvalue weighted by Crippen LogP contribution is -2.41. The largest absolute Gasteiger partial charge is 0.449 e. The van der Waals surface area contributed by atoms with Crippen LogP contribution in [0.4, 0.5) is 4.79 Å². The van der Waals surface area contributed by atoms with Crippen LogP contribution < -0.4 is 5.32 Å². The molecule has 0 atom stereocenters. The molecule has 0 rings (SSSR count). The molecule has 4 heteroatoms. The van der Waals surface area contributed by atoms with Gasteiger partial charge in [-0.2, -0.15) is 0 Å². The predicted octanol–water partition coefficient (Wildman–Crippen LogP) is 2.96. The lowest BCUT2D eigenvalue weighted by Gasteiger charge is -2.20. The SMILES string of the molecule is CC(C)(C)COCCCOC(=O)NC(C)(C)C. The van der Waals surface area contributed by atoms with E-state index >= 15 is 0 Å². The second-order valence-electron chi connectivity index (χ2n) is 6.48. The first-order chi connectivity index (χ1) is 7.60. The zero-order chi connectivity index (χ0) is 13.5. The van der Waals surface area contributed by atoms with Crippen LogP contribution in [-0.4, -0.2) is 31.5 Å². The van der Waals surface area contributed by atoms with Gasteiger partial charge >= 0.3 is 6.09 Å². The molecule has 0 heterocycles. The number of amides is 1. The molecule has 0 aliphatic rings. The van der Waals surface area contributed by atoms with E-state index in [1.807, 2.05) is 20.8 Å². The molecule has 0 spiro atoms. The molecule has 0 aromatic carbocycles. The van der Waals surface area contributed by atoms with Gasteiger partial charge in [-0.1, -0.05) is 20.8 Å². The smallest absolute Gasteiger partial charge is 0.407 e. The number of alkyl carbamates (subject to hydrolysis) is 1. The van der Waals surface area contributed by atoms with Crippen molar-refractivity contribution in [3.8, 4) is 0 Å². The number of nitrogens with one attached hydrogen (secondary N) is 1. The summed E-state index contributed by atoms with van der Waals surface area (Å²) in [4.78, 5) is 11.3. The molecule has 0 bridgehead atoms. The van der Waals surface area contributed by atoms with Gasteiger partial charge in [-0.25, -0.2) is 4.79 Å². The minimum atomic E-state index is -0.367. The van der Waals surface area contributed by atoms with Gasteiger partial charge in [-0.05, 0) is 26.2 Å². The second kappa shape index (κ2) is 6.84. The third-order valence-electron chi connectivity index (χ3n) is 1.68. The normalized spacial score (nSPS) is 12.4. The van der Waals surface area contributed by atoms with Crippen LogP contribution in [0.1, 0.15) is 48.0 Å². The van der Waals surface area contributed by atoms with Crippen molar-refractivity contribution in [1.82, 2.24) is 5.32 Å². The van der Waals surface area contributed by atoms with Crippen molar-refractivity contribution < 1.29 is 14.3 Å². The Morgan fingerprint density at radius 1 is 1.06 bits per heavy atom. The Labute approximate surface area is 105 Å². The van der Waals surface area contributed by atoms with Crippen molar-refractivity contribution in [2.45, 2.75) is 53.5 Å². The third kappa shape index (κ3) is 13.2. The van der Waals surface area contributed by atoms with Crippen LogP contribution in [0, 0.1) is 5.41 Å². The zero-order valence-electron chi connectivity index (χ0n) is 12.1. The number of rotatable bonds is 5. The van der Waals surface area contributed by atoms with Crippen LogP contribution in [0.5, 0.6) is 0 Å². The Balaban J connectivity index is 3.44. The number of carbonyl (C=O) groups is 1. The average Bonchev–Trinajstić information content (AvgIpc) is 2.06. The molecule has 0 unspecified atom stereocenters. The van der Waals surface area contributed by atoms with Gasteiger partial charge in [0.2, 0.25) is 0 Å². The van der Waals surface area contributed by atoms with E-state index in [1.54, 1.807) is 0 Å². The molecule has 0 saturated carbocycles. The van der Waals surface area contributed by atoms with Crippen molar-refractivity contribution in [2.75, 3.05) is 19.8 Å². The number of hydrogen-bond donors (Lipinski definition) is 1. The van der Waals surface area contributed by atoms with Crippen LogP contribution in [-0.2, 0) is 9.47 Å². The first kappa shape index (κ1) is 16.2. The molecule has 0 aromatic heterocycles. The van der Waals surface area contributed by atoms with E-state index < -0.39 is 0 Å². The van der Waals surface area contributed by atoms with Gasteiger partial charge in [-0.15, -0.1) is 0 Å². The summed E-state index contributed by atoms with van der Waals surface area (Å²) in [6.45, 7) is 13.9. The van der Waals surface area contributed by atoms with E-state index in [0.717, 1.165) is 13.0 Å². The molecular weight excluding hydrogens is 218 g/mol. The van der Waals surface area contributed by atoms with Crippen LogP contribution in [0.2, 0.25) is 0 Å². The van der Waals surface area contributed by atoms with Gasteiger partial charge in [0.15, 0.2) is 0 Å². The van der Waals surface area contributed by atoms with Gasteiger partial charge in [0, 0.05) is 18.6 Å². The quantitative estimate of drug-likeness (QED) is 0.757. The summed E-state index contributed by atoms with van der Waals surface area (Å²) < 4.78 is 10.5. The highest BCUT2D eigenvalue weighted by Gasteiger charge is 2.14. The first-order valence-corrected chi connectivity index (χ1v) is 6.13. The Kier molecular flexibility index (Phi) is 6.53. The van der Waals surface area contributed by atoms with Crippen LogP contribution in [0.3, 0.4) is 0 Å². The number of carbonyl (C=O) groups excluding carboxylic acids is 1. The Hall–Kier alpha value is -0.770. The summed E-state index contributed by atoms with van der Waals surface area (Å²) in [6.07, 6.45) is 0.363. The number of ether oxygens (including phenoxy) is 2. The van der Waals surface area contributed by atoms with E-state index in [0.29, 0.717) is 13.2 Å². The standard InChI is InChI=1S/C13H27NO3/c1-12(2,3)10-16-8-7-9-17-11(15)14-13(4,5)6/h7-10H2,1-6H3,(H,14,15). The second-order valence-corrected chi connectivity index (χ2v) is 6.48. The third-order valence-corrected chi connectivity index (χ3v) is 1.68. The van der Waals surface area contributed by atoms with Crippen LogP contribution in [0.15, 0.2) is 0 Å². The summed E-state index contributed by atoms with van der Waals surface area (Å²) in [5, 5.41) is 2.73. The van der Waals surface area contributed by atoms with Gasteiger partial charge in [0.25, 0.3) is 0 Å². The fraction of sp³-hybridized carbons (Fsp3) is 0.923. The summed E-state index contributed by atoms with van der Waals surface area (Å²) in [5.74, 6) is 0. The van der Waals surface area contributed by atoms with E-state index in [4.69, 9.17) is 9.47 Å². The molecule has 102 valence electrons. The van der Waals surface area contributed by atoms with E-state index in [1.165, 1.54) is 0 Å². The molecule has 0 aromatic rings. The topological polar surface area (TPSA) is 47.6 Å². The van der Waals surface area contributed by atoms with Gasteiger partial charge in [-0.3, -0.25) is 0 Å². The molecule has 1 N–H and O–H groups in total. The highest BCUT2D eigenvalue weighted by molar-refractivity contribution is 5.67. The highest BCUT2D eigenvalue weighted by atomic mass is 16.5. The molecular formula is C13H27NO3. The van der Waals surface area contributed by atoms with E-state index in [-0.39, 0.29) is 17.0 Å². The van der Waals surface area contributed by atoms with Crippen molar-refractivity contribution in [3.05, 3.63) is 0 Å². The Morgan fingerprint density at radius 3 is 2.12 bits per heavy atom. The lowest BCUT2D eigenvalue weighted by molar-refractivity contribution is 0.0570. The van der Waals surface area contributed by atoms with Crippen molar-refractivity contribution in [3.63, 3.8) is 0 Å². The Bertz CT molecular complexity index is 226. The van der Waals surface area contributed by atoms with Gasteiger partial charge < -0.3 is 14.8 Å². The van der Waals surface area contributed by atoms with Gasteiger partial charge in [0.05, 0.1) is 13.2 Å². The summed E-state index contributed by atoms with van der Waals surface area (Å²) >= 11 is 0. The maximum atomic E-state index is 11.3. The lowest BCUT2D eigenvalue weighted by atomic mass is 9.99. The van der Waals surface area contributed by atoms with Crippen molar-refractivity contribution in [2.24, 2.45) is 5.41 Å². The van der Waals surface area contributed by atoms with Crippen LogP contribution >= 0.6 is 0 Å². The molecule has 0 aliphatic carbocycles. The molecule has 0 aliphatic heterocycles.